The zero-order valence-electron chi connectivity index (χ0n) is 20.3. The molecule has 8 nitrogen and oxygen atoms in total. The van der Waals surface area contributed by atoms with Gasteiger partial charge in [0, 0.05) is 53.9 Å². The lowest BCUT2D eigenvalue weighted by atomic mass is 10.1. The van der Waals surface area contributed by atoms with Crippen molar-refractivity contribution < 1.29 is 13.2 Å². The largest absolute Gasteiger partial charge is 0.457 e. The molecular weight excluding hydrogens is 506 g/mol. The Morgan fingerprint density at radius 1 is 1.05 bits per heavy atom. The predicted octanol–water partition coefficient (Wildman–Crippen LogP) is 5.20. The van der Waals surface area contributed by atoms with Gasteiger partial charge in [0.15, 0.2) is 5.13 Å². The Kier molecular flexibility index (Phi) is 7.50. The molecule has 0 spiro atoms. The van der Waals surface area contributed by atoms with Gasteiger partial charge in [-0.1, -0.05) is 18.2 Å². The third-order valence-electron chi connectivity index (χ3n) is 5.71. The third-order valence-corrected chi connectivity index (χ3v) is 7.58. The summed E-state index contributed by atoms with van der Waals surface area (Å²) in [5.41, 5.74) is 4.95. The molecule has 1 aliphatic rings. The lowest BCUT2D eigenvalue weighted by molar-refractivity contribution is 0.483. The lowest BCUT2D eigenvalue weighted by Crippen LogP contribution is -2.22. The maximum absolute atomic E-state index is 11.3. The third kappa shape index (κ3) is 6.73. The Labute approximate surface area is 220 Å². The first kappa shape index (κ1) is 24.9. The highest BCUT2D eigenvalue weighted by molar-refractivity contribution is 7.90. The molecule has 5 rings (SSSR count). The lowest BCUT2D eigenvalue weighted by Gasteiger charge is -2.25. The van der Waals surface area contributed by atoms with Gasteiger partial charge in [-0.3, -0.25) is 4.98 Å². The number of anilines is 3. The second-order valence-electron chi connectivity index (χ2n) is 8.69. The van der Waals surface area contributed by atoms with E-state index in [4.69, 9.17) is 9.72 Å². The van der Waals surface area contributed by atoms with E-state index in [9.17, 15) is 8.42 Å². The monoisotopic (exact) mass is 533 g/mol. The predicted molar refractivity (Wildman–Crippen MR) is 149 cm³/mol. The van der Waals surface area contributed by atoms with Crippen molar-refractivity contribution in [3.63, 3.8) is 0 Å². The van der Waals surface area contributed by atoms with Crippen LogP contribution in [0.4, 0.5) is 16.5 Å². The average Bonchev–Trinajstić information content (AvgIpc) is 3.37. The van der Waals surface area contributed by atoms with E-state index in [0.29, 0.717) is 19.6 Å². The molecule has 2 aromatic heterocycles. The first-order valence-corrected chi connectivity index (χ1v) is 14.7. The van der Waals surface area contributed by atoms with Crippen LogP contribution in [0.1, 0.15) is 16.8 Å². The topological polar surface area (TPSA) is 96.5 Å². The van der Waals surface area contributed by atoms with Gasteiger partial charge in [-0.15, -0.1) is 11.3 Å². The Balaban J connectivity index is 1.23. The zero-order chi connectivity index (χ0) is 25.7. The minimum atomic E-state index is -2.98. The maximum atomic E-state index is 11.3. The van der Waals surface area contributed by atoms with Crippen molar-refractivity contribution in [1.29, 1.82) is 0 Å². The molecule has 0 aliphatic carbocycles. The maximum Gasteiger partial charge on any atom is 0.189 e. The highest BCUT2D eigenvalue weighted by Crippen LogP contribution is 2.33. The molecule has 190 valence electrons. The number of hydrogen-bond donors (Lipinski definition) is 2. The van der Waals surface area contributed by atoms with E-state index in [1.54, 1.807) is 11.3 Å². The van der Waals surface area contributed by atoms with Crippen molar-refractivity contribution >= 4 is 43.8 Å². The minimum absolute atomic E-state index is 0.113. The van der Waals surface area contributed by atoms with Crippen LogP contribution in [-0.4, -0.2) is 36.9 Å². The summed E-state index contributed by atoms with van der Waals surface area (Å²) >= 11 is 1.56. The molecule has 0 radical (unpaired) electrons. The average molecular weight is 534 g/mol. The summed E-state index contributed by atoms with van der Waals surface area (Å²) in [6.07, 6.45) is 9.00. The van der Waals surface area contributed by atoms with E-state index < -0.39 is 9.84 Å². The van der Waals surface area contributed by atoms with E-state index in [1.165, 1.54) is 6.26 Å². The SMILES string of the molecule is CS(=O)(=O)CCNCc1csc(N2C=Cc3cncc(Nc4ccc(Oc5ccccc5)cc4)c3C2)n1. The Hall–Kier alpha value is -3.73. The second-order valence-corrected chi connectivity index (χ2v) is 11.8. The van der Waals surface area contributed by atoms with Crippen molar-refractivity contribution in [3.05, 3.63) is 95.4 Å². The van der Waals surface area contributed by atoms with Crippen LogP contribution >= 0.6 is 11.3 Å². The van der Waals surface area contributed by atoms with Crippen LogP contribution in [0.15, 0.2) is 78.6 Å². The fourth-order valence-corrected chi connectivity index (χ4v) is 5.15. The molecule has 0 fully saturated rings. The molecule has 0 bridgehead atoms. The number of hydrogen-bond acceptors (Lipinski definition) is 9. The molecule has 2 N–H and O–H groups in total. The number of ether oxygens (including phenoxy) is 1. The van der Waals surface area contributed by atoms with Crippen LogP contribution in [0.2, 0.25) is 0 Å². The highest BCUT2D eigenvalue weighted by atomic mass is 32.2. The first-order valence-electron chi connectivity index (χ1n) is 11.8. The van der Waals surface area contributed by atoms with Gasteiger partial charge in [-0.25, -0.2) is 13.4 Å². The Morgan fingerprint density at radius 2 is 1.84 bits per heavy atom. The molecule has 1 aliphatic heterocycles. The molecule has 0 unspecified atom stereocenters. The molecule has 3 heterocycles. The fourth-order valence-electron chi connectivity index (χ4n) is 3.83. The van der Waals surface area contributed by atoms with Crippen molar-refractivity contribution in [1.82, 2.24) is 15.3 Å². The summed E-state index contributed by atoms with van der Waals surface area (Å²) in [4.78, 5) is 11.2. The molecule has 0 saturated carbocycles. The fraction of sp³-hybridized carbons (Fsp3) is 0.185. The zero-order valence-corrected chi connectivity index (χ0v) is 21.9. The number of nitrogens with one attached hydrogen (secondary N) is 2. The summed E-state index contributed by atoms with van der Waals surface area (Å²) < 4.78 is 28.5. The van der Waals surface area contributed by atoms with Gasteiger partial charge < -0.3 is 20.3 Å². The first-order chi connectivity index (χ1) is 17.9. The van der Waals surface area contributed by atoms with E-state index >= 15 is 0 Å². The number of rotatable bonds is 10. The van der Waals surface area contributed by atoms with Crippen molar-refractivity contribution in [3.8, 4) is 11.5 Å². The number of thiazole rings is 1. The number of para-hydroxylation sites is 1. The molecule has 0 atom stereocenters. The summed E-state index contributed by atoms with van der Waals surface area (Å²) in [6.45, 7) is 1.59. The van der Waals surface area contributed by atoms with Gasteiger partial charge >= 0.3 is 0 Å². The summed E-state index contributed by atoms with van der Waals surface area (Å²) in [7, 11) is -2.98. The minimum Gasteiger partial charge on any atom is -0.457 e. The van der Waals surface area contributed by atoms with Gasteiger partial charge in [-0.05, 0) is 42.5 Å². The van der Waals surface area contributed by atoms with Crippen LogP contribution in [0.5, 0.6) is 11.5 Å². The summed E-state index contributed by atoms with van der Waals surface area (Å²) in [5, 5.41) is 9.52. The summed E-state index contributed by atoms with van der Waals surface area (Å²) in [6, 6.07) is 17.5. The second kappa shape index (κ2) is 11.1. The van der Waals surface area contributed by atoms with Crippen LogP contribution in [0.25, 0.3) is 6.08 Å². The Morgan fingerprint density at radius 3 is 2.62 bits per heavy atom. The standard InChI is InChI=1S/C27H27N5O3S2/c1-37(33,34)14-12-28-16-22-19-36-27(31-22)32-13-11-20-15-29-17-26(25(20)18-32)30-21-7-9-24(10-8-21)35-23-5-3-2-4-6-23/h2-11,13,15,17,19,28,30H,12,14,16,18H2,1H3. The number of benzene rings is 2. The van der Waals surface area contributed by atoms with Crippen LogP contribution in [0, 0.1) is 0 Å². The molecular formula is C27H27N5O3S2. The number of aromatic nitrogens is 2. The Bertz CT molecular complexity index is 1490. The molecule has 10 heteroatoms. The number of sulfone groups is 1. The number of pyridine rings is 1. The van der Waals surface area contributed by atoms with Gasteiger partial charge in [0.05, 0.1) is 29.9 Å². The van der Waals surface area contributed by atoms with E-state index in [1.807, 2.05) is 84.6 Å². The van der Waals surface area contributed by atoms with E-state index in [-0.39, 0.29) is 5.75 Å². The molecule has 0 saturated heterocycles. The van der Waals surface area contributed by atoms with Crippen LogP contribution < -0.4 is 20.3 Å². The van der Waals surface area contributed by atoms with Gasteiger partial charge in [-0.2, -0.15) is 0 Å². The normalized spacial score (nSPS) is 12.8. The van der Waals surface area contributed by atoms with E-state index in [2.05, 4.69) is 20.5 Å². The van der Waals surface area contributed by atoms with Crippen LogP contribution in [0.3, 0.4) is 0 Å². The highest BCUT2D eigenvalue weighted by Gasteiger charge is 2.18. The number of fused-ring (bicyclic) bond motifs is 1. The molecule has 2 aromatic carbocycles. The van der Waals surface area contributed by atoms with Crippen molar-refractivity contribution in [2.75, 3.05) is 28.8 Å². The van der Waals surface area contributed by atoms with Crippen molar-refractivity contribution in [2.45, 2.75) is 13.1 Å². The summed E-state index contributed by atoms with van der Waals surface area (Å²) in [5.74, 6) is 1.68. The van der Waals surface area contributed by atoms with E-state index in [0.717, 1.165) is 44.8 Å². The molecule has 4 aromatic rings. The smallest absolute Gasteiger partial charge is 0.189 e. The number of nitrogens with zero attached hydrogens (tertiary/aromatic N) is 3. The van der Waals surface area contributed by atoms with Crippen molar-refractivity contribution in [2.24, 2.45) is 0 Å². The quantitative estimate of drug-likeness (QED) is 0.269. The molecule has 37 heavy (non-hydrogen) atoms. The van der Waals surface area contributed by atoms with Gasteiger partial charge in [0.25, 0.3) is 0 Å². The molecule has 0 amide bonds. The van der Waals surface area contributed by atoms with Gasteiger partial charge in [0.2, 0.25) is 0 Å². The van der Waals surface area contributed by atoms with Crippen LogP contribution in [-0.2, 0) is 22.9 Å². The van der Waals surface area contributed by atoms with Gasteiger partial charge in [0.1, 0.15) is 21.3 Å².